The summed E-state index contributed by atoms with van der Waals surface area (Å²) < 4.78 is 24.0. The second-order valence-electron chi connectivity index (χ2n) is 7.05. The van der Waals surface area contributed by atoms with Crippen molar-refractivity contribution in [3.05, 3.63) is 42.2 Å². The van der Waals surface area contributed by atoms with Crippen molar-refractivity contribution in [2.75, 3.05) is 56.3 Å². The molecule has 0 spiro atoms. The zero-order valence-corrected chi connectivity index (χ0v) is 17.3. The lowest BCUT2D eigenvalue weighted by atomic mass is 10.2. The van der Waals surface area contributed by atoms with Crippen LogP contribution in [0.2, 0.25) is 0 Å². The Kier molecular flexibility index (Phi) is 5.61. The van der Waals surface area contributed by atoms with Crippen LogP contribution in [-0.4, -0.2) is 61.3 Å². The van der Waals surface area contributed by atoms with Gasteiger partial charge in [0.05, 0.1) is 19.7 Å². The predicted molar refractivity (Wildman–Crippen MR) is 116 cm³/mol. The van der Waals surface area contributed by atoms with E-state index in [1.165, 1.54) is 12.1 Å². The molecule has 0 bridgehead atoms. The number of fused-ring (bicyclic) bond motifs is 1. The number of benzene rings is 2. The van der Waals surface area contributed by atoms with Crippen LogP contribution >= 0.6 is 0 Å². The molecule has 4 rings (SSSR count). The fourth-order valence-corrected chi connectivity index (χ4v) is 3.49. The first-order valence-corrected chi connectivity index (χ1v) is 9.74. The van der Waals surface area contributed by atoms with Gasteiger partial charge in [0, 0.05) is 43.3 Å². The molecule has 1 aliphatic rings. The van der Waals surface area contributed by atoms with Crippen LogP contribution in [0.4, 0.5) is 26.6 Å². The molecular weight excluding hydrogens is 403 g/mol. The Hall–Kier alpha value is -3.82. The van der Waals surface area contributed by atoms with Crippen LogP contribution in [0.1, 0.15) is 0 Å². The molecule has 0 radical (unpaired) electrons. The maximum atomic E-state index is 13.3. The quantitative estimate of drug-likeness (QED) is 0.661. The van der Waals surface area contributed by atoms with Crippen molar-refractivity contribution < 1.29 is 18.7 Å². The Balaban J connectivity index is 1.47. The molecule has 9 nitrogen and oxygen atoms in total. The highest BCUT2D eigenvalue weighted by atomic mass is 19.1. The summed E-state index contributed by atoms with van der Waals surface area (Å²) >= 11 is 0. The Morgan fingerprint density at radius 1 is 1.06 bits per heavy atom. The fraction of sp³-hybridized carbons (Fsp3) is 0.286. The Labute approximate surface area is 178 Å². The standard InChI is InChI=1S/C21H23FN6O3/c1-30-17-11-15-16(12-18(17)31-2)25-20(26-19(15)23)27-6-8-28(9-7-27)21(29)24-14-5-3-4-13(22)10-14/h3-5,10-12H,6-9H2,1-2H3,(H,24,29)(H2,23,25,26). The third-order valence-electron chi connectivity index (χ3n) is 5.14. The molecule has 0 saturated carbocycles. The van der Waals surface area contributed by atoms with Crippen LogP contribution in [0.3, 0.4) is 0 Å². The van der Waals surface area contributed by atoms with Gasteiger partial charge < -0.3 is 30.3 Å². The first kappa shape index (κ1) is 20.5. The first-order chi connectivity index (χ1) is 15.0. The number of urea groups is 1. The number of halogens is 1. The van der Waals surface area contributed by atoms with E-state index >= 15 is 0 Å². The minimum atomic E-state index is -0.400. The summed E-state index contributed by atoms with van der Waals surface area (Å²) in [6.45, 7) is 2.01. The lowest BCUT2D eigenvalue weighted by Crippen LogP contribution is -2.50. The number of hydrogen-bond donors (Lipinski definition) is 2. The summed E-state index contributed by atoms with van der Waals surface area (Å²) in [5.74, 6) is 1.53. The van der Waals surface area contributed by atoms with Gasteiger partial charge in [-0.1, -0.05) is 6.07 Å². The van der Waals surface area contributed by atoms with Crippen LogP contribution in [-0.2, 0) is 0 Å². The smallest absolute Gasteiger partial charge is 0.321 e. The van der Waals surface area contributed by atoms with Crippen molar-refractivity contribution in [2.24, 2.45) is 0 Å². The molecule has 1 fully saturated rings. The van der Waals surface area contributed by atoms with E-state index in [9.17, 15) is 9.18 Å². The van der Waals surface area contributed by atoms with E-state index in [2.05, 4.69) is 15.3 Å². The number of piperazine rings is 1. The van der Waals surface area contributed by atoms with Gasteiger partial charge in [-0.05, 0) is 24.3 Å². The van der Waals surface area contributed by atoms with Crippen molar-refractivity contribution in [3.8, 4) is 11.5 Å². The molecule has 0 unspecified atom stereocenters. The van der Waals surface area contributed by atoms with Crippen LogP contribution in [0.15, 0.2) is 36.4 Å². The monoisotopic (exact) mass is 426 g/mol. The number of ether oxygens (including phenoxy) is 2. The molecule has 1 aliphatic heterocycles. The van der Waals surface area contributed by atoms with Gasteiger partial charge in [0.1, 0.15) is 11.6 Å². The summed E-state index contributed by atoms with van der Waals surface area (Å²) in [6.07, 6.45) is 0. The van der Waals surface area contributed by atoms with E-state index in [4.69, 9.17) is 15.2 Å². The summed E-state index contributed by atoms with van der Waals surface area (Å²) in [6, 6.07) is 9.04. The van der Waals surface area contributed by atoms with Crippen molar-refractivity contribution in [3.63, 3.8) is 0 Å². The van der Waals surface area contributed by atoms with Gasteiger partial charge in [-0.15, -0.1) is 0 Å². The van der Waals surface area contributed by atoms with E-state index < -0.39 is 5.82 Å². The molecule has 3 aromatic rings. The number of anilines is 3. The van der Waals surface area contributed by atoms with E-state index in [1.54, 1.807) is 43.4 Å². The van der Waals surface area contributed by atoms with Gasteiger partial charge in [-0.2, -0.15) is 4.98 Å². The van der Waals surface area contributed by atoms with E-state index in [0.29, 0.717) is 66.0 Å². The average Bonchev–Trinajstić information content (AvgIpc) is 2.78. The normalized spacial score (nSPS) is 13.9. The van der Waals surface area contributed by atoms with Crippen molar-refractivity contribution in [2.45, 2.75) is 0 Å². The molecule has 162 valence electrons. The van der Waals surface area contributed by atoms with Gasteiger partial charge in [0.2, 0.25) is 5.95 Å². The third kappa shape index (κ3) is 4.23. The topological polar surface area (TPSA) is 106 Å². The van der Waals surface area contributed by atoms with Crippen molar-refractivity contribution in [1.82, 2.24) is 14.9 Å². The summed E-state index contributed by atoms with van der Waals surface area (Å²) in [4.78, 5) is 25.2. The SMILES string of the molecule is COc1cc2nc(N3CCN(C(=O)Nc4cccc(F)c4)CC3)nc(N)c2cc1OC. The van der Waals surface area contributed by atoms with Gasteiger partial charge in [0.15, 0.2) is 11.5 Å². The Morgan fingerprint density at radius 3 is 2.45 bits per heavy atom. The van der Waals surface area contributed by atoms with E-state index in [1.807, 2.05) is 4.90 Å². The molecule has 1 saturated heterocycles. The Morgan fingerprint density at radius 2 is 1.77 bits per heavy atom. The lowest BCUT2D eigenvalue weighted by Gasteiger charge is -2.34. The molecule has 1 aromatic heterocycles. The molecular formula is C21H23FN6O3. The van der Waals surface area contributed by atoms with Gasteiger partial charge >= 0.3 is 6.03 Å². The summed E-state index contributed by atoms with van der Waals surface area (Å²) in [5, 5.41) is 3.39. The number of nitrogens with one attached hydrogen (secondary N) is 1. The van der Waals surface area contributed by atoms with E-state index in [-0.39, 0.29) is 6.03 Å². The number of carbonyl (C=O) groups excluding carboxylic acids is 1. The summed E-state index contributed by atoms with van der Waals surface area (Å²) in [7, 11) is 3.11. The van der Waals surface area contributed by atoms with Crippen molar-refractivity contribution in [1.29, 1.82) is 0 Å². The average molecular weight is 426 g/mol. The molecule has 0 aliphatic carbocycles. The molecule has 3 N–H and O–H groups in total. The summed E-state index contributed by atoms with van der Waals surface area (Å²) in [5.41, 5.74) is 7.24. The highest BCUT2D eigenvalue weighted by Crippen LogP contribution is 2.34. The lowest BCUT2D eigenvalue weighted by molar-refractivity contribution is 0.208. The number of nitrogens with two attached hydrogens (primary N) is 1. The molecule has 2 amide bonds. The highest BCUT2D eigenvalue weighted by Gasteiger charge is 2.24. The number of amides is 2. The largest absolute Gasteiger partial charge is 0.493 e. The maximum absolute atomic E-state index is 13.3. The second kappa shape index (κ2) is 8.50. The fourth-order valence-electron chi connectivity index (χ4n) is 3.49. The zero-order chi connectivity index (χ0) is 22.0. The van der Waals surface area contributed by atoms with Crippen LogP contribution in [0.25, 0.3) is 10.9 Å². The number of carbonyl (C=O) groups is 1. The first-order valence-electron chi connectivity index (χ1n) is 9.74. The predicted octanol–water partition coefficient (Wildman–Crippen LogP) is 2.72. The number of nitrogens with zero attached hydrogens (tertiary/aromatic N) is 4. The van der Waals surface area contributed by atoms with Crippen LogP contribution in [0.5, 0.6) is 11.5 Å². The zero-order valence-electron chi connectivity index (χ0n) is 17.3. The van der Waals surface area contributed by atoms with Gasteiger partial charge in [0.25, 0.3) is 0 Å². The number of aromatic nitrogens is 2. The minimum absolute atomic E-state index is 0.277. The van der Waals surface area contributed by atoms with Crippen molar-refractivity contribution >= 4 is 34.4 Å². The Bertz CT molecular complexity index is 1120. The molecule has 2 aromatic carbocycles. The number of methoxy groups -OCH3 is 2. The van der Waals surface area contributed by atoms with Crippen LogP contribution in [0, 0.1) is 5.82 Å². The maximum Gasteiger partial charge on any atom is 0.321 e. The molecule has 2 heterocycles. The van der Waals surface area contributed by atoms with Gasteiger partial charge in [-0.3, -0.25) is 0 Å². The van der Waals surface area contributed by atoms with Gasteiger partial charge in [-0.25, -0.2) is 14.2 Å². The number of hydrogen-bond acceptors (Lipinski definition) is 7. The molecule has 0 atom stereocenters. The second-order valence-corrected chi connectivity index (χ2v) is 7.05. The van der Waals surface area contributed by atoms with E-state index in [0.717, 1.165) is 0 Å². The number of nitrogen functional groups attached to an aromatic ring is 1. The molecule has 10 heteroatoms. The highest BCUT2D eigenvalue weighted by molar-refractivity contribution is 5.92. The number of rotatable bonds is 4. The third-order valence-corrected chi connectivity index (χ3v) is 5.14. The van der Waals surface area contributed by atoms with Crippen LogP contribution < -0.4 is 25.4 Å². The minimum Gasteiger partial charge on any atom is -0.493 e. The molecule has 31 heavy (non-hydrogen) atoms.